The van der Waals surface area contributed by atoms with E-state index in [1.54, 1.807) is 11.3 Å². The van der Waals surface area contributed by atoms with E-state index in [1.807, 2.05) is 23.3 Å². The molecular weight excluding hydrogens is 220 g/mol. The van der Waals surface area contributed by atoms with Crippen molar-refractivity contribution in [2.24, 2.45) is 11.8 Å². The predicted octanol–water partition coefficient (Wildman–Crippen LogP) is 1.35. The lowest BCUT2D eigenvalue weighted by Crippen LogP contribution is -2.31. The number of thiophene rings is 1. The van der Waals surface area contributed by atoms with Gasteiger partial charge in [-0.25, -0.2) is 0 Å². The van der Waals surface area contributed by atoms with E-state index in [9.17, 15) is 4.79 Å². The molecule has 1 N–H and O–H groups in total. The minimum Gasteiger partial charge on any atom is -0.337 e. The Kier molecular flexibility index (Phi) is 2.48. The number of hydrogen-bond donors (Lipinski definition) is 1. The van der Waals surface area contributed by atoms with Gasteiger partial charge in [-0.1, -0.05) is 0 Å². The maximum Gasteiger partial charge on any atom is 0.264 e. The summed E-state index contributed by atoms with van der Waals surface area (Å²) >= 11 is 1.57. The number of aryl methyl sites for hydroxylation is 1. The molecule has 2 unspecified atom stereocenters. The second-order valence-electron chi connectivity index (χ2n) is 4.82. The fourth-order valence-corrected chi connectivity index (χ4v) is 3.65. The lowest BCUT2D eigenvalue weighted by atomic mass is 10.0. The Morgan fingerprint density at radius 3 is 2.69 bits per heavy atom. The molecule has 3 heterocycles. The number of carbonyl (C=O) groups excluding carboxylic acids is 1. The lowest BCUT2D eigenvalue weighted by Gasteiger charge is -2.16. The van der Waals surface area contributed by atoms with Crippen LogP contribution in [0.25, 0.3) is 0 Å². The van der Waals surface area contributed by atoms with E-state index in [1.165, 1.54) is 0 Å². The Labute approximate surface area is 99.5 Å². The van der Waals surface area contributed by atoms with Gasteiger partial charge in [-0.05, 0) is 35.8 Å². The summed E-state index contributed by atoms with van der Waals surface area (Å²) in [4.78, 5) is 15.2. The summed E-state index contributed by atoms with van der Waals surface area (Å²) in [5, 5.41) is 5.40. The minimum absolute atomic E-state index is 0.238. The Balaban J connectivity index is 1.75. The molecule has 2 aliphatic rings. The minimum atomic E-state index is 0.238. The van der Waals surface area contributed by atoms with Gasteiger partial charge in [0.25, 0.3) is 5.91 Å². The van der Waals surface area contributed by atoms with Crippen molar-refractivity contribution in [3.8, 4) is 0 Å². The van der Waals surface area contributed by atoms with Crippen LogP contribution in [0.2, 0.25) is 0 Å². The van der Waals surface area contributed by atoms with Gasteiger partial charge in [0.15, 0.2) is 0 Å². The molecule has 1 aromatic heterocycles. The van der Waals surface area contributed by atoms with E-state index >= 15 is 0 Å². The van der Waals surface area contributed by atoms with Crippen molar-refractivity contribution < 1.29 is 4.79 Å². The van der Waals surface area contributed by atoms with Crippen LogP contribution in [0.15, 0.2) is 11.4 Å². The molecule has 0 aromatic carbocycles. The van der Waals surface area contributed by atoms with Crippen LogP contribution in [0, 0.1) is 18.8 Å². The van der Waals surface area contributed by atoms with Gasteiger partial charge in [0.05, 0.1) is 4.88 Å². The van der Waals surface area contributed by atoms with Gasteiger partial charge in [-0.3, -0.25) is 4.79 Å². The van der Waals surface area contributed by atoms with Crippen molar-refractivity contribution in [1.82, 2.24) is 10.2 Å². The van der Waals surface area contributed by atoms with E-state index in [4.69, 9.17) is 0 Å². The van der Waals surface area contributed by atoms with E-state index in [0.717, 1.165) is 36.6 Å². The molecule has 1 aromatic rings. The number of hydrogen-bond acceptors (Lipinski definition) is 3. The Bertz CT molecular complexity index is 403. The average molecular weight is 236 g/mol. The van der Waals surface area contributed by atoms with Crippen molar-refractivity contribution in [2.75, 3.05) is 26.2 Å². The smallest absolute Gasteiger partial charge is 0.264 e. The number of amides is 1. The predicted molar refractivity (Wildman–Crippen MR) is 64.8 cm³/mol. The highest BCUT2D eigenvalue weighted by Gasteiger charge is 2.38. The van der Waals surface area contributed by atoms with Crippen LogP contribution in [-0.2, 0) is 0 Å². The molecular formula is C12H16N2OS. The van der Waals surface area contributed by atoms with E-state index in [2.05, 4.69) is 5.32 Å². The Morgan fingerprint density at radius 1 is 1.44 bits per heavy atom. The molecule has 16 heavy (non-hydrogen) atoms. The molecule has 0 spiro atoms. The molecule has 2 atom stereocenters. The molecule has 3 nitrogen and oxygen atoms in total. The van der Waals surface area contributed by atoms with Crippen molar-refractivity contribution >= 4 is 17.2 Å². The summed E-state index contributed by atoms with van der Waals surface area (Å²) in [6.45, 7) is 6.06. The first-order valence-corrected chi connectivity index (χ1v) is 6.68. The second-order valence-corrected chi connectivity index (χ2v) is 5.74. The standard InChI is InChI=1S/C12H16N2OS/c1-8-2-3-16-11(8)12(15)14-6-9-4-13-5-10(9)7-14/h2-3,9-10,13H,4-7H2,1H3. The maximum atomic E-state index is 12.3. The number of fused-ring (bicyclic) bond motifs is 1. The zero-order chi connectivity index (χ0) is 11.1. The van der Waals surface area contributed by atoms with Crippen molar-refractivity contribution in [2.45, 2.75) is 6.92 Å². The number of carbonyl (C=O) groups is 1. The quantitative estimate of drug-likeness (QED) is 0.798. The molecule has 4 heteroatoms. The number of nitrogens with one attached hydrogen (secondary N) is 1. The third kappa shape index (κ3) is 1.57. The molecule has 2 aliphatic heterocycles. The van der Waals surface area contributed by atoms with Crippen LogP contribution in [0.4, 0.5) is 0 Å². The summed E-state index contributed by atoms with van der Waals surface area (Å²) in [5.41, 5.74) is 1.12. The van der Waals surface area contributed by atoms with E-state index < -0.39 is 0 Å². The Hall–Kier alpha value is -0.870. The first-order valence-electron chi connectivity index (χ1n) is 5.80. The first kappa shape index (κ1) is 10.3. The third-order valence-corrected chi connectivity index (χ3v) is 4.74. The van der Waals surface area contributed by atoms with Crippen LogP contribution in [0.3, 0.4) is 0 Å². The first-order chi connectivity index (χ1) is 7.75. The monoisotopic (exact) mass is 236 g/mol. The van der Waals surface area contributed by atoms with Gasteiger partial charge in [-0.2, -0.15) is 0 Å². The molecule has 0 saturated carbocycles. The average Bonchev–Trinajstić information content (AvgIpc) is 2.89. The molecule has 2 fully saturated rings. The second kappa shape index (κ2) is 3.86. The van der Waals surface area contributed by atoms with Crippen LogP contribution < -0.4 is 5.32 Å². The van der Waals surface area contributed by atoms with Crippen LogP contribution in [0.1, 0.15) is 15.2 Å². The number of nitrogens with zero attached hydrogens (tertiary/aromatic N) is 1. The maximum absolute atomic E-state index is 12.3. The lowest BCUT2D eigenvalue weighted by molar-refractivity contribution is 0.0786. The Morgan fingerprint density at radius 2 is 2.12 bits per heavy atom. The molecule has 0 bridgehead atoms. The SMILES string of the molecule is Cc1ccsc1C(=O)N1CC2CNCC2C1. The zero-order valence-electron chi connectivity index (χ0n) is 9.40. The van der Waals surface area contributed by atoms with Crippen LogP contribution in [0.5, 0.6) is 0 Å². The van der Waals surface area contributed by atoms with Crippen LogP contribution >= 0.6 is 11.3 Å². The highest BCUT2D eigenvalue weighted by Crippen LogP contribution is 2.29. The zero-order valence-corrected chi connectivity index (χ0v) is 10.2. The van der Waals surface area contributed by atoms with Gasteiger partial charge in [0.1, 0.15) is 0 Å². The topological polar surface area (TPSA) is 32.3 Å². The van der Waals surface area contributed by atoms with Crippen molar-refractivity contribution in [3.05, 3.63) is 21.9 Å². The fourth-order valence-electron chi connectivity index (χ4n) is 2.76. The highest BCUT2D eigenvalue weighted by atomic mass is 32.1. The largest absolute Gasteiger partial charge is 0.337 e. The van der Waals surface area contributed by atoms with Crippen molar-refractivity contribution in [1.29, 1.82) is 0 Å². The van der Waals surface area contributed by atoms with Gasteiger partial charge in [-0.15, -0.1) is 11.3 Å². The molecule has 3 rings (SSSR count). The number of rotatable bonds is 1. The van der Waals surface area contributed by atoms with Gasteiger partial charge in [0.2, 0.25) is 0 Å². The van der Waals surface area contributed by atoms with Gasteiger partial charge < -0.3 is 10.2 Å². The fraction of sp³-hybridized carbons (Fsp3) is 0.583. The summed E-state index contributed by atoms with van der Waals surface area (Å²) in [7, 11) is 0. The van der Waals surface area contributed by atoms with Gasteiger partial charge in [0, 0.05) is 26.2 Å². The summed E-state index contributed by atoms with van der Waals surface area (Å²) in [5.74, 6) is 1.61. The van der Waals surface area contributed by atoms with E-state index in [-0.39, 0.29) is 5.91 Å². The molecule has 0 radical (unpaired) electrons. The summed E-state index contributed by atoms with van der Waals surface area (Å²) in [6.07, 6.45) is 0. The van der Waals surface area contributed by atoms with E-state index in [0.29, 0.717) is 11.8 Å². The molecule has 0 aliphatic carbocycles. The summed E-state index contributed by atoms with van der Waals surface area (Å²) < 4.78 is 0. The molecule has 1 amide bonds. The van der Waals surface area contributed by atoms with Crippen molar-refractivity contribution in [3.63, 3.8) is 0 Å². The molecule has 86 valence electrons. The normalized spacial score (nSPS) is 28.4. The molecule has 2 saturated heterocycles. The van der Waals surface area contributed by atoms with Crippen LogP contribution in [-0.4, -0.2) is 37.0 Å². The third-order valence-electron chi connectivity index (χ3n) is 3.73. The number of likely N-dealkylation sites (tertiary alicyclic amines) is 1. The highest BCUT2D eigenvalue weighted by molar-refractivity contribution is 7.12. The summed E-state index contributed by atoms with van der Waals surface area (Å²) in [6, 6.07) is 2.02. The van der Waals surface area contributed by atoms with Gasteiger partial charge >= 0.3 is 0 Å².